The van der Waals surface area contributed by atoms with Gasteiger partial charge in [-0.2, -0.15) is 0 Å². The molecular weight excluding hydrogens is 419 g/mol. The van der Waals surface area contributed by atoms with Crippen LogP contribution in [-0.2, 0) is 10.0 Å². The van der Waals surface area contributed by atoms with E-state index in [2.05, 4.69) is 21.0 Å². The molecule has 1 aromatic carbocycles. The molecule has 1 saturated heterocycles. The van der Waals surface area contributed by atoms with Crippen LogP contribution in [0.15, 0.2) is 59.2 Å². The molecule has 0 amide bonds. The second-order valence-electron chi connectivity index (χ2n) is 7.64. The van der Waals surface area contributed by atoms with Crippen molar-refractivity contribution in [3.63, 3.8) is 0 Å². The standard InChI is InChI=1S/C22H23FN4O3S/c1-31(29,30)27-11-9-17(10-12-27)25-21-4-2-3-18(19(23)14-24-21)15-5-7-20-16(13-15)6-8-22(28)26-20/h2,5-8,13-14,17H,4,9-12H2,1H3,(H,24,25)(H,26,28)/b19-14+. The Hall–Kier alpha value is -3.00. The van der Waals surface area contributed by atoms with Gasteiger partial charge in [-0.1, -0.05) is 6.07 Å². The van der Waals surface area contributed by atoms with Gasteiger partial charge >= 0.3 is 0 Å². The molecule has 0 saturated carbocycles. The average Bonchev–Trinajstić information content (AvgIpc) is 2.73. The van der Waals surface area contributed by atoms with E-state index in [1.165, 1.54) is 22.8 Å². The molecule has 2 aromatic rings. The second kappa shape index (κ2) is 8.63. The molecule has 0 radical (unpaired) electrons. The monoisotopic (exact) mass is 442 g/mol. The minimum Gasteiger partial charge on any atom is -0.493 e. The lowest BCUT2D eigenvalue weighted by Crippen LogP contribution is -2.46. The maximum Gasteiger partial charge on any atom is 0.211 e. The number of pyridine rings is 1. The number of nitrogens with zero attached hydrogens (tertiary/aromatic N) is 3. The lowest BCUT2D eigenvalue weighted by Gasteiger charge is -2.31. The minimum atomic E-state index is -3.17. The number of fused-ring (bicyclic) bond motifs is 1. The minimum absolute atomic E-state index is 0.0623. The summed E-state index contributed by atoms with van der Waals surface area (Å²) in [6, 6.07) is 8.57. The summed E-state index contributed by atoms with van der Waals surface area (Å²) in [6.45, 7) is 0.922. The van der Waals surface area contributed by atoms with E-state index in [9.17, 15) is 17.9 Å². The van der Waals surface area contributed by atoms with Crippen molar-refractivity contribution in [2.24, 2.45) is 4.99 Å². The van der Waals surface area contributed by atoms with Crippen LogP contribution < -0.4 is 5.32 Å². The summed E-state index contributed by atoms with van der Waals surface area (Å²) < 4.78 is 39.6. The first-order valence-electron chi connectivity index (χ1n) is 9.99. The number of hydrogen-bond donors (Lipinski definition) is 2. The first-order chi connectivity index (χ1) is 14.8. The van der Waals surface area contributed by atoms with E-state index in [4.69, 9.17) is 0 Å². The van der Waals surface area contributed by atoms with Gasteiger partial charge in [0.2, 0.25) is 15.9 Å². The lowest BCUT2D eigenvalue weighted by molar-refractivity contribution is 0.308. The fourth-order valence-corrected chi connectivity index (χ4v) is 4.60. The van der Waals surface area contributed by atoms with Crippen LogP contribution in [0.4, 0.5) is 4.39 Å². The number of hydrogen-bond acceptors (Lipinski definition) is 6. The zero-order valence-electron chi connectivity index (χ0n) is 17.0. The van der Waals surface area contributed by atoms with Crippen LogP contribution >= 0.6 is 0 Å². The largest absolute Gasteiger partial charge is 0.493 e. The highest BCUT2D eigenvalue weighted by Crippen LogP contribution is 2.27. The Morgan fingerprint density at radius 1 is 1.23 bits per heavy atom. The van der Waals surface area contributed by atoms with Crippen molar-refractivity contribution >= 4 is 32.3 Å². The highest BCUT2D eigenvalue weighted by molar-refractivity contribution is 7.88. The number of aliphatic imine (C=N–C) groups is 1. The Balaban J connectivity index is 1.47. The summed E-state index contributed by atoms with van der Waals surface area (Å²) in [5, 5.41) is 13.6. The van der Waals surface area contributed by atoms with E-state index in [-0.39, 0.29) is 11.9 Å². The summed E-state index contributed by atoms with van der Waals surface area (Å²) in [6.07, 6.45) is 5.94. The van der Waals surface area contributed by atoms with Gasteiger partial charge in [0.25, 0.3) is 0 Å². The normalized spacial score (nSPS) is 22.1. The van der Waals surface area contributed by atoms with E-state index in [0.29, 0.717) is 54.8 Å². The summed E-state index contributed by atoms with van der Waals surface area (Å²) in [5.74, 6) is 0.0543. The van der Waals surface area contributed by atoms with Crippen LogP contribution in [0.2, 0.25) is 0 Å². The Bertz CT molecular complexity index is 1240. The molecule has 2 aliphatic rings. The summed E-state index contributed by atoms with van der Waals surface area (Å²) in [7, 11) is -3.17. The molecule has 0 unspecified atom stereocenters. The zero-order chi connectivity index (χ0) is 22.0. The van der Waals surface area contributed by atoms with Gasteiger partial charge in [-0.25, -0.2) is 27.1 Å². The highest BCUT2D eigenvalue weighted by atomic mass is 32.2. The molecule has 162 valence electrons. The third-order valence-electron chi connectivity index (χ3n) is 5.37. The SMILES string of the molecule is CS(=O)(=O)N1CCC(N/C2=N/C=C(/F)C(c3ccc4nc(O)ccc4c3)=C=CC2)CC1. The topological polar surface area (TPSA) is 94.9 Å². The number of rotatable bonds is 3. The Morgan fingerprint density at radius 2 is 2.00 bits per heavy atom. The van der Waals surface area contributed by atoms with Gasteiger partial charge in [0.15, 0.2) is 5.83 Å². The highest BCUT2D eigenvalue weighted by Gasteiger charge is 2.25. The lowest BCUT2D eigenvalue weighted by atomic mass is 10.0. The number of piperidine rings is 1. The van der Waals surface area contributed by atoms with Crippen LogP contribution in [0.25, 0.3) is 16.5 Å². The van der Waals surface area contributed by atoms with E-state index in [1.54, 1.807) is 30.3 Å². The van der Waals surface area contributed by atoms with Gasteiger partial charge in [-0.05, 0) is 42.7 Å². The predicted octanol–water partition coefficient (Wildman–Crippen LogP) is 3.11. The Kier molecular flexibility index (Phi) is 5.91. The van der Waals surface area contributed by atoms with Crippen molar-refractivity contribution in [1.29, 1.82) is 0 Å². The molecule has 2 N–H and O–H groups in total. The van der Waals surface area contributed by atoms with Gasteiger partial charge in [0.1, 0.15) is 5.84 Å². The summed E-state index contributed by atoms with van der Waals surface area (Å²) in [5.41, 5.74) is 4.60. The molecule has 0 atom stereocenters. The molecule has 9 heteroatoms. The van der Waals surface area contributed by atoms with E-state index >= 15 is 0 Å². The fraction of sp³-hybridized carbons (Fsp3) is 0.318. The first-order valence-corrected chi connectivity index (χ1v) is 11.8. The molecule has 1 fully saturated rings. The maximum atomic E-state index is 14.9. The third kappa shape index (κ3) is 5.02. The molecule has 31 heavy (non-hydrogen) atoms. The van der Waals surface area contributed by atoms with Crippen molar-refractivity contribution in [3.8, 4) is 5.88 Å². The van der Waals surface area contributed by atoms with E-state index in [0.717, 1.165) is 5.39 Å². The number of nitrogens with one attached hydrogen (secondary N) is 1. The van der Waals surface area contributed by atoms with Crippen molar-refractivity contribution in [2.45, 2.75) is 25.3 Å². The molecular formula is C22H23FN4O3S. The maximum absolute atomic E-state index is 14.9. The smallest absolute Gasteiger partial charge is 0.211 e. The number of halogens is 1. The van der Waals surface area contributed by atoms with Crippen LogP contribution in [0, 0.1) is 0 Å². The number of benzene rings is 1. The molecule has 2 aliphatic heterocycles. The van der Waals surface area contributed by atoms with Crippen LogP contribution in [0.1, 0.15) is 24.8 Å². The van der Waals surface area contributed by atoms with E-state index < -0.39 is 15.9 Å². The number of sulfonamides is 1. The van der Waals surface area contributed by atoms with Gasteiger partial charge in [-0.3, -0.25) is 0 Å². The quantitative estimate of drug-likeness (QED) is 0.713. The van der Waals surface area contributed by atoms with Crippen LogP contribution in [0.5, 0.6) is 5.88 Å². The number of amidine groups is 1. The van der Waals surface area contributed by atoms with Gasteiger partial charge < -0.3 is 10.4 Å². The van der Waals surface area contributed by atoms with E-state index in [1.807, 2.05) is 0 Å². The van der Waals surface area contributed by atoms with Gasteiger partial charge in [-0.15, -0.1) is 5.73 Å². The predicted molar refractivity (Wildman–Crippen MR) is 119 cm³/mol. The molecule has 0 aliphatic carbocycles. The Morgan fingerprint density at radius 3 is 2.74 bits per heavy atom. The Labute approximate surface area is 180 Å². The van der Waals surface area contributed by atoms with Crippen molar-refractivity contribution < 1.29 is 17.9 Å². The summed E-state index contributed by atoms with van der Waals surface area (Å²) >= 11 is 0. The first kappa shape index (κ1) is 21.2. The number of aromatic hydroxyl groups is 1. The summed E-state index contributed by atoms with van der Waals surface area (Å²) in [4.78, 5) is 8.32. The van der Waals surface area contributed by atoms with Crippen molar-refractivity contribution in [1.82, 2.24) is 14.6 Å². The average molecular weight is 443 g/mol. The molecule has 4 rings (SSSR count). The van der Waals surface area contributed by atoms with Gasteiger partial charge in [0, 0.05) is 37.0 Å². The third-order valence-corrected chi connectivity index (χ3v) is 6.67. The van der Waals surface area contributed by atoms with Gasteiger partial charge in [0.05, 0.1) is 23.5 Å². The van der Waals surface area contributed by atoms with Crippen molar-refractivity contribution in [3.05, 3.63) is 59.7 Å². The second-order valence-corrected chi connectivity index (χ2v) is 9.62. The number of allylic oxidation sites excluding steroid dienone is 1. The molecule has 0 spiro atoms. The zero-order valence-corrected chi connectivity index (χ0v) is 17.9. The molecule has 0 bridgehead atoms. The number of aromatic nitrogens is 1. The molecule has 7 nitrogen and oxygen atoms in total. The molecule has 1 aromatic heterocycles. The van der Waals surface area contributed by atoms with Crippen LogP contribution in [-0.4, -0.2) is 54.0 Å². The molecule has 3 heterocycles. The van der Waals surface area contributed by atoms with Crippen LogP contribution in [0.3, 0.4) is 0 Å². The fourth-order valence-electron chi connectivity index (χ4n) is 3.73. The van der Waals surface area contributed by atoms with Crippen molar-refractivity contribution in [2.75, 3.05) is 19.3 Å².